The fourth-order valence-corrected chi connectivity index (χ4v) is 4.67. The number of amides is 1. The number of ether oxygens (including phenoxy) is 4. The Morgan fingerprint density at radius 3 is 2.93 bits per heavy atom. The van der Waals surface area contributed by atoms with Gasteiger partial charge in [0, 0.05) is 12.7 Å². The number of aromatic nitrogens is 1. The molecule has 2 aliphatic heterocycles. The van der Waals surface area contributed by atoms with E-state index >= 15 is 0 Å². The zero-order valence-corrected chi connectivity index (χ0v) is 17.4. The molecule has 2 aliphatic rings. The van der Waals surface area contributed by atoms with E-state index in [0.29, 0.717) is 23.2 Å². The number of anilines is 1. The summed E-state index contributed by atoms with van der Waals surface area (Å²) in [4.78, 5) is 19.9. The molecule has 0 bridgehead atoms. The van der Waals surface area contributed by atoms with Gasteiger partial charge in [0.05, 0.1) is 30.0 Å². The number of fused-ring (bicyclic) bond motifs is 2. The third-order valence-electron chi connectivity index (χ3n) is 5.27. The van der Waals surface area contributed by atoms with E-state index in [9.17, 15) is 4.79 Å². The molecule has 8 heteroatoms. The second-order valence-corrected chi connectivity index (χ2v) is 8.29. The van der Waals surface area contributed by atoms with E-state index in [2.05, 4.69) is 0 Å². The van der Waals surface area contributed by atoms with Gasteiger partial charge in [0.25, 0.3) is 5.91 Å². The molecule has 5 rings (SSSR count). The van der Waals surface area contributed by atoms with Gasteiger partial charge in [-0.3, -0.25) is 9.69 Å². The highest BCUT2D eigenvalue weighted by Crippen LogP contribution is 2.35. The number of rotatable bonds is 5. The molecule has 0 spiro atoms. The summed E-state index contributed by atoms with van der Waals surface area (Å²) in [5.74, 6) is 1.79. The quantitative estimate of drug-likeness (QED) is 0.620. The molecular formula is C22H22N2O5S. The maximum atomic E-state index is 13.5. The van der Waals surface area contributed by atoms with Crippen LogP contribution in [0.15, 0.2) is 42.5 Å². The Morgan fingerprint density at radius 1 is 1.27 bits per heavy atom. The van der Waals surface area contributed by atoms with Crippen molar-refractivity contribution in [1.82, 2.24) is 4.98 Å². The molecule has 7 nitrogen and oxygen atoms in total. The average molecular weight is 426 g/mol. The lowest BCUT2D eigenvalue weighted by Crippen LogP contribution is -2.48. The minimum absolute atomic E-state index is 0.00714. The summed E-state index contributed by atoms with van der Waals surface area (Å²) < 4.78 is 23.8. The zero-order chi connectivity index (χ0) is 20.5. The van der Waals surface area contributed by atoms with E-state index < -0.39 is 6.10 Å². The van der Waals surface area contributed by atoms with Gasteiger partial charge in [-0.1, -0.05) is 23.5 Å². The van der Waals surface area contributed by atoms with E-state index in [1.807, 2.05) is 42.5 Å². The van der Waals surface area contributed by atoms with Gasteiger partial charge in [-0.05, 0) is 37.1 Å². The molecule has 1 amide bonds. The molecule has 30 heavy (non-hydrogen) atoms. The predicted octanol–water partition coefficient (Wildman–Crippen LogP) is 3.66. The van der Waals surface area contributed by atoms with Gasteiger partial charge in [-0.2, -0.15) is 0 Å². The first-order valence-electron chi connectivity index (χ1n) is 9.97. The normalized spacial score (nSPS) is 20.3. The van der Waals surface area contributed by atoms with Crippen molar-refractivity contribution in [2.45, 2.75) is 25.0 Å². The number of nitrogens with zero attached hydrogens (tertiary/aromatic N) is 2. The van der Waals surface area contributed by atoms with Crippen LogP contribution in [0.25, 0.3) is 10.2 Å². The third kappa shape index (κ3) is 3.68. The van der Waals surface area contributed by atoms with Crippen LogP contribution in [0.2, 0.25) is 0 Å². The number of para-hydroxylation sites is 2. The first kappa shape index (κ1) is 19.1. The van der Waals surface area contributed by atoms with Crippen LogP contribution in [0.1, 0.15) is 12.8 Å². The Balaban J connectivity index is 1.45. The SMILES string of the molecule is COc1ccc2sc(N(CC3CCCO3)C(=O)C3COc4ccccc4O3)nc2c1. The van der Waals surface area contributed by atoms with Crippen molar-refractivity contribution in [2.75, 3.05) is 31.8 Å². The number of thiazole rings is 1. The van der Waals surface area contributed by atoms with Crippen molar-refractivity contribution in [3.05, 3.63) is 42.5 Å². The minimum Gasteiger partial charge on any atom is -0.497 e. The minimum atomic E-state index is -0.733. The summed E-state index contributed by atoms with van der Waals surface area (Å²) in [7, 11) is 1.62. The highest BCUT2D eigenvalue weighted by molar-refractivity contribution is 7.22. The van der Waals surface area contributed by atoms with E-state index in [0.717, 1.165) is 35.4 Å². The summed E-state index contributed by atoms with van der Waals surface area (Å²) in [5, 5.41) is 0.626. The van der Waals surface area contributed by atoms with Gasteiger partial charge in [-0.15, -0.1) is 0 Å². The molecule has 0 N–H and O–H groups in total. The van der Waals surface area contributed by atoms with Crippen LogP contribution in [0, 0.1) is 0 Å². The molecule has 2 unspecified atom stereocenters. The van der Waals surface area contributed by atoms with Crippen LogP contribution in [-0.2, 0) is 9.53 Å². The average Bonchev–Trinajstić information content (AvgIpc) is 3.45. The summed E-state index contributed by atoms with van der Waals surface area (Å²) in [6, 6.07) is 13.1. The van der Waals surface area contributed by atoms with Gasteiger partial charge in [0.1, 0.15) is 12.4 Å². The first-order valence-corrected chi connectivity index (χ1v) is 10.8. The lowest BCUT2D eigenvalue weighted by atomic mass is 10.2. The highest BCUT2D eigenvalue weighted by Gasteiger charge is 2.35. The second kappa shape index (κ2) is 8.12. The Labute approximate surface area is 178 Å². The summed E-state index contributed by atoms with van der Waals surface area (Å²) in [6.07, 6.45) is 1.18. The van der Waals surface area contributed by atoms with Crippen molar-refractivity contribution in [3.8, 4) is 17.2 Å². The molecule has 3 heterocycles. The van der Waals surface area contributed by atoms with Gasteiger partial charge >= 0.3 is 0 Å². The predicted molar refractivity (Wildman–Crippen MR) is 114 cm³/mol. The number of methoxy groups -OCH3 is 1. The summed E-state index contributed by atoms with van der Waals surface area (Å²) in [5.41, 5.74) is 0.797. The van der Waals surface area contributed by atoms with Crippen LogP contribution in [-0.4, -0.2) is 50.0 Å². The monoisotopic (exact) mass is 426 g/mol. The molecule has 1 aromatic heterocycles. The second-order valence-electron chi connectivity index (χ2n) is 7.28. The van der Waals surface area contributed by atoms with E-state index in [1.54, 1.807) is 12.0 Å². The molecule has 0 saturated carbocycles. The van der Waals surface area contributed by atoms with Crippen LogP contribution in [0.4, 0.5) is 5.13 Å². The summed E-state index contributed by atoms with van der Waals surface area (Å²) >= 11 is 1.47. The standard InChI is InChI=1S/C22H22N2O5S/c1-26-14-8-9-20-16(11-14)23-22(30-20)24(12-15-5-4-10-27-15)21(25)19-13-28-17-6-2-3-7-18(17)29-19/h2-3,6-9,11,15,19H,4-5,10,12-13H2,1H3. The van der Waals surface area contributed by atoms with E-state index in [4.69, 9.17) is 23.9 Å². The Hall–Kier alpha value is -2.84. The van der Waals surface area contributed by atoms with Crippen LogP contribution < -0.4 is 19.1 Å². The van der Waals surface area contributed by atoms with Crippen molar-refractivity contribution in [3.63, 3.8) is 0 Å². The Kier molecular flexibility index (Phi) is 5.18. The number of hydrogen-bond acceptors (Lipinski definition) is 7. The third-order valence-corrected chi connectivity index (χ3v) is 6.33. The molecule has 1 fully saturated rings. The maximum Gasteiger partial charge on any atom is 0.273 e. The fourth-order valence-electron chi connectivity index (χ4n) is 3.71. The highest BCUT2D eigenvalue weighted by atomic mass is 32.1. The fraction of sp³-hybridized carbons (Fsp3) is 0.364. The molecule has 2 atom stereocenters. The van der Waals surface area contributed by atoms with Crippen molar-refractivity contribution in [1.29, 1.82) is 0 Å². The molecule has 0 aliphatic carbocycles. The number of carbonyl (C=O) groups excluding carboxylic acids is 1. The van der Waals surface area contributed by atoms with Crippen molar-refractivity contribution in [2.24, 2.45) is 0 Å². The maximum absolute atomic E-state index is 13.5. The molecule has 0 radical (unpaired) electrons. The molecule has 1 saturated heterocycles. The molecule has 2 aromatic carbocycles. The van der Waals surface area contributed by atoms with Crippen molar-refractivity contribution < 1.29 is 23.7 Å². The van der Waals surface area contributed by atoms with Crippen LogP contribution in [0.5, 0.6) is 17.2 Å². The number of carbonyl (C=O) groups is 1. The molecule has 3 aromatic rings. The van der Waals surface area contributed by atoms with Gasteiger partial charge < -0.3 is 18.9 Å². The van der Waals surface area contributed by atoms with Crippen LogP contribution in [0.3, 0.4) is 0 Å². The lowest BCUT2D eigenvalue weighted by Gasteiger charge is -2.30. The van der Waals surface area contributed by atoms with Gasteiger partial charge in [0.15, 0.2) is 16.6 Å². The molecular weight excluding hydrogens is 404 g/mol. The summed E-state index contributed by atoms with van der Waals surface area (Å²) in [6.45, 7) is 1.33. The van der Waals surface area contributed by atoms with E-state index in [1.165, 1.54) is 11.3 Å². The van der Waals surface area contributed by atoms with Gasteiger partial charge in [0.2, 0.25) is 6.10 Å². The topological polar surface area (TPSA) is 70.1 Å². The smallest absolute Gasteiger partial charge is 0.273 e. The first-order chi connectivity index (χ1) is 14.7. The largest absolute Gasteiger partial charge is 0.497 e. The molecule has 156 valence electrons. The Morgan fingerprint density at radius 2 is 2.13 bits per heavy atom. The van der Waals surface area contributed by atoms with Crippen molar-refractivity contribution >= 4 is 32.6 Å². The Bertz CT molecular complexity index is 1060. The van der Waals surface area contributed by atoms with Crippen LogP contribution >= 0.6 is 11.3 Å². The van der Waals surface area contributed by atoms with Gasteiger partial charge in [-0.25, -0.2) is 4.98 Å². The zero-order valence-electron chi connectivity index (χ0n) is 16.6. The number of hydrogen-bond donors (Lipinski definition) is 0. The number of benzene rings is 2. The lowest BCUT2D eigenvalue weighted by molar-refractivity contribution is -0.128. The van der Waals surface area contributed by atoms with E-state index in [-0.39, 0.29) is 18.6 Å².